The Morgan fingerprint density at radius 3 is 3.09 bits per heavy atom. The Labute approximate surface area is 129 Å². The first-order valence-electron chi connectivity index (χ1n) is 6.87. The molecule has 0 aliphatic carbocycles. The molecule has 2 aliphatic rings. The normalized spacial score (nSPS) is 28.3. The van der Waals surface area contributed by atoms with Gasteiger partial charge in [-0.25, -0.2) is 19.7 Å². The largest absolute Gasteiger partial charge is 0.513 e. The van der Waals surface area contributed by atoms with Crippen molar-refractivity contribution < 1.29 is 23.7 Å². The van der Waals surface area contributed by atoms with Gasteiger partial charge in [-0.05, 0) is 0 Å². The Morgan fingerprint density at radius 1 is 1.39 bits per heavy atom. The minimum absolute atomic E-state index is 0.0219. The summed E-state index contributed by atoms with van der Waals surface area (Å²) in [6, 6.07) is 0. The summed E-state index contributed by atoms with van der Waals surface area (Å²) in [6.07, 6.45) is 2.01. The summed E-state index contributed by atoms with van der Waals surface area (Å²) in [5.41, 5.74) is 6.83. The Hall–Kier alpha value is -2.72. The van der Waals surface area contributed by atoms with Crippen LogP contribution < -0.4 is 5.73 Å². The number of fused-ring (bicyclic) bond motifs is 2. The van der Waals surface area contributed by atoms with Crippen molar-refractivity contribution in [1.29, 1.82) is 0 Å². The van der Waals surface area contributed by atoms with Crippen molar-refractivity contribution in [3.63, 3.8) is 0 Å². The lowest BCUT2D eigenvalue weighted by Gasteiger charge is -2.18. The summed E-state index contributed by atoms with van der Waals surface area (Å²) >= 11 is 0. The van der Waals surface area contributed by atoms with Crippen LogP contribution in [0.25, 0.3) is 11.2 Å². The maximum absolute atomic E-state index is 11.2. The van der Waals surface area contributed by atoms with E-state index in [2.05, 4.69) is 26.3 Å². The van der Waals surface area contributed by atoms with E-state index in [1.54, 1.807) is 10.9 Å². The van der Waals surface area contributed by atoms with Gasteiger partial charge in [0.2, 0.25) is 0 Å². The summed E-state index contributed by atoms with van der Waals surface area (Å²) in [5.74, 6) is 0.298. The molecule has 0 bridgehead atoms. The van der Waals surface area contributed by atoms with E-state index in [4.69, 9.17) is 19.9 Å². The molecule has 0 aromatic carbocycles. The number of rotatable bonds is 4. The minimum Gasteiger partial charge on any atom is -0.431 e. The number of anilines is 1. The Kier molecular flexibility index (Phi) is 3.13. The number of imidazole rings is 1. The van der Waals surface area contributed by atoms with Crippen LogP contribution in [-0.4, -0.2) is 50.6 Å². The average molecular weight is 319 g/mol. The highest BCUT2D eigenvalue weighted by Gasteiger charge is 2.59. The van der Waals surface area contributed by atoms with Crippen molar-refractivity contribution in [2.24, 2.45) is 0 Å². The number of nitrogen functional groups attached to an aromatic ring is 1. The fourth-order valence-electron chi connectivity index (χ4n) is 2.67. The SMILES string of the molecule is C=COC(=O)OC[C@H]1O[C@@H](n2cnc3c(N)ncnc32)[C@@H]2O[C@@H]21. The maximum atomic E-state index is 11.2. The first-order valence-corrected chi connectivity index (χ1v) is 6.87. The highest BCUT2D eigenvalue weighted by Crippen LogP contribution is 2.45. The number of ether oxygens (including phenoxy) is 4. The quantitative estimate of drug-likeness (QED) is 0.483. The lowest BCUT2D eigenvalue weighted by atomic mass is 10.2. The molecule has 4 atom stereocenters. The van der Waals surface area contributed by atoms with Gasteiger partial charge in [0.15, 0.2) is 17.7 Å². The van der Waals surface area contributed by atoms with E-state index in [0.717, 1.165) is 6.26 Å². The molecule has 23 heavy (non-hydrogen) atoms. The average Bonchev–Trinajstić information content (AvgIpc) is 3.07. The number of carbonyl (C=O) groups is 1. The van der Waals surface area contributed by atoms with E-state index in [1.807, 2.05) is 0 Å². The lowest BCUT2D eigenvalue weighted by molar-refractivity contribution is -0.0874. The van der Waals surface area contributed by atoms with Crippen molar-refractivity contribution in [2.45, 2.75) is 24.5 Å². The lowest BCUT2D eigenvalue weighted by Crippen LogP contribution is -2.25. The van der Waals surface area contributed by atoms with Gasteiger partial charge in [0.25, 0.3) is 0 Å². The molecule has 10 nitrogen and oxygen atoms in total. The fraction of sp³-hybridized carbons (Fsp3) is 0.385. The molecular weight excluding hydrogens is 306 g/mol. The molecule has 0 unspecified atom stereocenters. The van der Waals surface area contributed by atoms with Crippen LogP contribution in [0.5, 0.6) is 0 Å². The first kappa shape index (κ1) is 13.9. The third kappa shape index (κ3) is 2.28. The monoisotopic (exact) mass is 319 g/mol. The molecule has 2 fully saturated rings. The zero-order chi connectivity index (χ0) is 16.0. The van der Waals surface area contributed by atoms with Crippen molar-refractivity contribution in [3.8, 4) is 0 Å². The number of aromatic nitrogens is 4. The Balaban J connectivity index is 1.50. The molecule has 4 rings (SSSR count). The van der Waals surface area contributed by atoms with Crippen LogP contribution in [-0.2, 0) is 18.9 Å². The van der Waals surface area contributed by atoms with Crippen LogP contribution in [0.3, 0.4) is 0 Å². The van der Waals surface area contributed by atoms with Crippen LogP contribution in [0.4, 0.5) is 10.6 Å². The van der Waals surface area contributed by atoms with Crippen molar-refractivity contribution in [1.82, 2.24) is 19.5 Å². The predicted octanol–water partition coefficient (Wildman–Crippen LogP) is 0.370. The molecule has 0 spiro atoms. The highest BCUT2D eigenvalue weighted by molar-refractivity contribution is 5.81. The molecule has 2 saturated heterocycles. The van der Waals surface area contributed by atoms with Gasteiger partial charge in [-0.1, -0.05) is 6.58 Å². The predicted molar refractivity (Wildman–Crippen MR) is 74.9 cm³/mol. The molecule has 2 N–H and O–H groups in total. The van der Waals surface area contributed by atoms with Gasteiger partial charge in [-0.15, -0.1) is 0 Å². The van der Waals surface area contributed by atoms with Crippen LogP contribution in [0, 0.1) is 0 Å². The Bertz CT molecular complexity index is 777. The molecule has 0 amide bonds. The van der Waals surface area contributed by atoms with Gasteiger partial charge in [-0.3, -0.25) is 4.57 Å². The standard InChI is InChI=1S/C13H13N5O5/c1-2-20-13(19)21-3-6-8-9(23-8)12(22-6)18-5-17-7-10(14)15-4-16-11(7)18/h2,4-6,8-9,12H,1,3H2,(H2,14,15,16)/t6-,8-,9-,12-/m1/s1. The van der Waals surface area contributed by atoms with E-state index in [-0.39, 0.29) is 24.9 Å². The van der Waals surface area contributed by atoms with E-state index in [9.17, 15) is 4.79 Å². The van der Waals surface area contributed by atoms with Gasteiger partial charge in [0.1, 0.15) is 36.8 Å². The number of hydrogen-bond donors (Lipinski definition) is 1. The second kappa shape index (κ2) is 5.18. The molecule has 0 radical (unpaired) electrons. The summed E-state index contributed by atoms with van der Waals surface area (Å²) < 4.78 is 22.6. The first-order chi connectivity index (χ1) is 11.2. The number of hydrogen-bond acceptors (Lipinski definition) is 9. The molecule has 120 valence electrons. The minimum atomic E-state index is -0.835. The third-order valence-electron chi connectivity index (χ3n) is 3.73. The van der Waals surface area contributed by atoms with Gasteiger partial charge in [0, 0.05) is 0 Å². The van der Waals surface area contributed by atoms with Crippen LogP contribution >= 0.6 is 0 Å². The molecule has 2 aromatic heterocycles. The van der Waals surface area contributed by atoms with Crippen LogP contribution in [0.2, 0.25) is 0 Å². The van der Waals surface area contributed by atoms with E-state index in [0.29, 0.717) is 17.0 Å². The summed E-state index contributed by atoms with van der Waals surface area (Å²) in [5, 5.41) is 0. The van der Waals surface area contributed by atoms with Crippen molar-refractivity contribution in [3.05, 3.63) is 25.5 Å². The molecule has 10 heteroatoms. The number of carbonyl (C=O) groups excluding carboxylic acids is 1. The third-order valence-corrected chi connectivity index (χ3v) is 3.73. The van der Waals surface area contributed by atoms with Crippen LogP contribution in [0.15, 0.2) is 25.5 Å². The molecule has 4 heterocycles. The molecule has 0 saturated carbocycles. The summed E-state index contributed by atoms with van der Waals surface area (Å²) in [4.78, 5) is 23.5. The zero-order valence-electron chi connectivity index (χ0n) is 11.9. The van der Waals surface area contributed by atoms with E-state index < -0.39 is 12.4 Å². The smallest absolute Gasteiger partial charge is 0.431 e. The molecular formula is C13H13N5O5. The highest BCUT2D eigenvalue weighted by atomic mass is 16.7. The second-order valence-corrected chi connectivity index (χ2v) is 5.06. The van der Waals surface area contributed by atoms with E-state index >= 15 is 0 Å². The summed E-state index contributed by atoms with van der Waals surface area (Å²) in [6.45, 7) is 3.30. The second-order valence-electron chi connectivity index (χ2n) is 5.06. The Morgan fingerprint density at radius 2 is 2.26 bits per heavy atom. The van der Waals surface area contributed by atoms with Gasteiger partial charge >= 0.3 is 6.16 Å². The zero-order valence-corrected chi connectivity index (χ0v) is 11.9. The van der Waals surface area contributed by atoms with Crippen molar-refractivity contribution in [2.75, 3.05) is 12.3 Å². The van der Waals surface area contributed by atoms with Gasteiger partial charge in [0.05, 0.1) is 12.6 Å². The van der Waals surface area contributed by atoms with E-state index in [1.165, 1.54) is 6.33 Å². The molecule has 2 aromatic rings. The number of epoxide rings is 1. The fourth-order valence-corrected chi connectivity index (χ4v) is 2.67. The van der Waals surface area contributed by atoms with Gasteiger partial charge in [-0.2, -0.15) is 0 Å². The maximum Gasteiger partial charge on any atom is 0.513 e. The summed E-state index contributed by atoms with van der Waals surface area (Å²) in [7, 11) is 0. The topological polar surface area (TPSA) is 127 Å². The van der Waals surface area contributed by atoms with Gasteiger partial charge < -0.3 is 24.7 Å². The molecule has 2 aliphatic heterocycles. The van der Waals surface area contributed by atoms with Crippen LogP contribution in [0.1, 0.15) is 6.23 Å². The van der Waals surface area contributed by atoms with Crippen molar-refractivity contribution >= 4 is 23.1 Å². The number of nitrogens with zero attached hydrogens (tertiary/aromatic N) is 4. The number of nitrogens with two attached hydrogens (primary N) is 1.